The van der Waals surface area contributed by atoms with Gasteiger partial charge >= 0.3 is 0 Å². The van der Waals surface area contributed by atoms with Crippen LogP contribution in [-0.2, 0) is 21.4 Å². The van der Waals surface area contributed by atoms with Crippen LogP contribution in [0.5, 0.6) is 0 Å². The van der Waals surface area contributed by atoms with Gasteiger partial charge in [0, 0.05) is 45.4 Å². The molecule has 0 saturated carbocycles. The van der Waals surface area contributed by atoms with Crippen molar-refractivity contribution >= 4 is 33.0 Å². The number of rotatable bonds is 7. The van der Waals surface area contributed by atoms with E-state index in [0.29, 0.717) is 25.3 Å². The largest absolute Gasteiger partial charge is 0.350 e. The summed E-state index contributed by atoms with van der Waals surface area (Å²) in [5, 5.41) is 14.7. The molecule has 166 valence electrons. The van der Waals surface area contributed by atoms with E-state index in [1.165, 1.54) is 23.4 Å². The smallest absolute Gasteiger partial charge is 0.294 e. The van der Waals surface area contributed by atoms with Gasteiger partial charge in [0.1, 0.15) is 5.69 Å². The highest BCUT2D eigenvalue weighted by molar-refractivity contribution is 7.89. The number of carbonyl (C=O) groups excluding carboxylic acids is 1. The molecule has 0 radical (unpaired) electrons. The maximum absolute atomic E-state index is 12.9. The van der Waals surface area contributed by atoms with Gasteiger partial charge in [0.15, 0.2) is 0 Å². The van der Waals surface area contributed by atoms with Crippen LogP contribution in [0.25, 0.3) is 0 Å². The first-order valence-electron chi connectivity index (χ1n) is 10.0. The van der Waals surface area contributed by atoms with Gasteiger partial charge in [0.25, 0.3) is 5.69 Å². The van der Waals surface area contributed by atoms with Gasteiger partial charge in [-0.3, -0.25) is 14.9 Å². The Bertz CT molecular complexity index is 1080. The Morgan fingerprint density at radius 1 is 1.16 bits per heavy atom. The number of nitro groups is 1. The van der Waals surface area contributed by atoms with Crippen LogP contribution in [0.4, 0.5) is 17.1 Å². The summed E-state index contributed by atoms with van der Waals surface area (Å²) in [6.07, 6.45) is 2.56. The van der Waals surface area contributed by atoms with Crippen molar-refractivity contribution in [3.05, 3.63) is 58.1 Å². The molecule has 1 N–H and O–H groups in total. The fraction of sp³-hybridized carbons (Fsp3) is 0.381. The summed E-state index contributed by atoms with van der Waals surface area (Å²) < 4.78 is 27.2. The summed E-state index contributed by atoms with van der Waals surface area (Å²) in [5.74, 6) is -0.0699. The van der Waals surface area contributed by atoms with Gasteiger partial charge in [0.2, 0.25) is 15.9 Å². The molecule has 0 aliphatic carbocycles. The summed E-state index contributed by atoms with van der Waals surface area (Å²) in [7, 11) is -2.08. The number of nitrogens with one attached hydrogen (secondary N) is 1. The van der Waals surface area contributed by atoms with E-state index in [-0.39, 0.29) is 22.2 Å². The number of nitro benzene ring substituents is 1. The standard InChI is InChI=1S/C21H26N4O5S/c1-16(26)23(2)15-17-7-6-8-18(13-17)22-20-10-9-19(14-21(20)25(27)28)31(29,30)24-11-4-3-5-12-24/h6-10,13-14,22H,3-5,11-12,15H2,1-2H3. The Labute approximate surface area is 181 Å². The number of benzene rings is 2. The minimum absolute atomic E-state index is 0.0699. The van der Waals surface area contributed by atoms with Gasteiger partial charge in [-0.15, -0.1) is 0 Å². The van der Waals surface area contributed by atoms with Crippen LogP contribution >= 0.6 is 0 Å². The summed E-state index contributed by atoms with van der Waals surface area (Å²) in [4.78, 5) is 24.0. The minimum atomic E-state index is -3.77. The quantitative estimate of drug-likeness (QED) is 0.515. The lowest BCUT2D eigenvalue weighted by Crippen LogP contribution is -2.35. The van der Waals surface area contributed by atoms with Crippen LogP contribution in [0.1, 0.15) is 31.7 Å². The van der Waals surface area contributed by atoms with Crippen molar-refractivity contribution in [3.63, 3.8) is 0 Å². The molecule has 0 aromatic heterocycles. The molecular formula is C21H26N4O5S. The maximum Gasteiger partial charge on any atom is 0.294 e. The van der Waals surface area contributed by atoms with E-state index in [0.717, 1.165) is 30.9 Å². The zero-order valence-electron chi connectivity index (χ0n) is 17.6. The zero-order valence-corrected chi connectivity index (χ0v) is 18.4. The van der Waals surface area contributed by atoms with Gasteiger partial charge in [-0.1, -0.05) is 18.6 Å². The van der Waals surface area contributed by atoms with Crippen LogP contribution in [-0.4, -0.2) is 48.6 Å². The monoisotopic (exact) mass is 446 g/mol. The number of hydrogen-bond acceptors (Lipinski definition) is 6. The molecule has 1 fully saturated rings. The second kappa shape index (κ2) is 9.44. The van der Waals surface area contributed by atoms with E-state index < -0.39 is 14.9 Å². The Morgan fingerprint density at radius 2 is 1.87 bits per heavy atom. The highest BCUT2D eigenvalue weighted by Gasteiger charge is 2.28. The van der Waals surface area contributed by atoms with Gasteiger partial charge in [0.05, 0.1) is 9.82 Å². The number of nitrogens with zero attached hydrogens (tertiary/aromatic N) is 3. The summed E-state index contributed by atoms with van der Waals surface area (Å²) in [6.45, 7) is 2.74. The number of sulfonamides is 1. The Balaban J connectivity index is 1.87. The van der Waals surface area contributed by atoms with Gasteiger partial charge in [-0.25, -0.2) is 8.42 Å². The molecule has 31 heavy (non-hydrogen) atoms. The van der Waals surface area contributed by atoms with Gasteiger partial charge in [-0.2, -0.15) is 4.31 Å². The highest BCUT2D eigenvalue weighted by atomic mass is 32.2. The first-order chi connectivity index (χ1) is 14.7. The number of piperidine rings is 1. The van der Waals surface area contributed by atoms with Crippen LogP contribution in [0.2, 0.25) is 0 Å². The van der Waals surface area contributed by atoms with E-state index >= 15 is 0 Å². The van der Waals surface area contributed by atoms with E-state index in [2.05, 4.69) is 5.32 Å². The average molecular weight is 447 g/mol. The van der Waals surface area contributed by atoms with Crippen LogP contribution in [0, 0.1) is 10.1 Å². The van der Waals surface area contributed by atoms with Crippen LogP contribution in [0.15, 0.2) is 47.4 Å². The lowest BCUT2D eigenvalue weighted by Gasteiger charge is -2.25. The molecule has 0 atom stereocenters. The third-order valence-corrected chi connectivity index (χ3v) is 7.18. The average Bonchev–Trinajstić information content (AvgIpc) is 2.74. The molecule has 1 heterocycles. The minimum Gasteiger partial charge on any atom is -0.350 e. The van der Waals surface area contributed by atoms with Crippen molar-refractivity contribution < 1.29 is 18.1 Å². The first kappa shape index (κ1) is 22.7. The van der Waals surface area contributed by atoms with Gasteiger partial charge in [-0.05, 0) is 42.7 Å². The van der Waals surface area contributed by atoms with Crippen LogP contribution < -0.4 is 5.32 Å². The van der Waals surface area contributed by atoms with Gasteiger partial charge < -0.3 is 10.2 Å². The third kappa shape index (κ3) is 5.39. The number of hydrogen-bond donors (Lipinski definition) is 1. The molecule has 0 unspecified atom stereocenters. The molecule has 1 saturated heterocycles. The zero-order chi connectivity index (χ0) is 22.6. The van der Waals surface area contributed by atoms with Crippen molar-refractivity contribution in [1.82, 2.24) is 9.21 Å². The van der Waals surface area contributed by atoms with Crippen molar-refractivity contribution in [2.24, 2.45) is 0 Å². The molecule has 3 rings (SSSR count). The Hall–Kier alpha value is -2.98. The summed E-state index contributed by atoms with van der Waals surface area (Å²) in [6, 6.07) is 11.1. The van der Waals surface area contributed by atoms with E-state index in [1.807, 2.05) is 6.07 Å². The molecule has 0 spiro atoms. The fourth-order valence-electron chi connectivity index (χ4n) is 3.47. The summed E-state index contributed by atoms with van der Waals surface area (Å²) >= 11 is 0. The molecule has 9 nitrogen and oxygen atoms in total. The van der Waals surface area contributed by atoms with Crippen molar-refractivity contribution in [2.45, 2.75) is 37.6 Å². The Morgan fingerprint density at radius 3 is 2.52 bits per heavy atom. The lowest BCUT2D eigenvalue weighted by molar-refractivity contribution is -0.384. The second-order valence-electron chi connectivity index (χ2n) is 7.60. The molecule has 1 aliphatic rings. The maximum atomic E-state index is 12.9. The predicted octanol–water partition coefficient (Wildman–Crippen LogP) is 3.49. The molecular weight excluding hydrogens is 420 g/mol. The second-order valence-corrected chi connectivity index (χ2v) is 9.54. The number of amides is 1. The topological polar surface area (TPSA) is 113 Å². The molecule has 10 heteroatoms. The normalized spacial score (nSPS) is 14.8. The van der Waals surface area contributed by atoms with Crippen molar-refractivity contribution in [3.8, 4) is 0 Å². The Kier molecular flexibility index (Phi) is 6.91. The first-order valence-corrected chi connectivity index (χ1v) is 11.5. The highest BCUT2D eigenvalue weighted by Crippen LogP contribution is 2.32. The third-order valence-electron chi connectivity index (χ3n) is 5.28. The van der Waals surface area contributed by atoms with E-state index in [9.17, 15) is 23.3 Å². The molecule has 1 amide bonds. The predicted molar refractivity (Wildman–Crippen MR) is 118 cm³/mol. The number of carbonyl (C=O) groups is 1. The van der Waals surface area contributed by atoms with Crippen LogP contribution in [0.3, 0.4) is 0 Å². The van der Waals surface area contributed by atoms with Crippen molar-refractivity contribution in [1.29, 1.82) is 0 Å². The van der Waals surface area contributed by atoms with E-state index in [4.69, 9.17) is 0 Å². The molecule has 0 bridgehead atoms. The van der Waals surface area contributed by atoms with E-state index in [1.54, 1.807) is 30.1 Å². The lowest BCUT2D eigenvalue weighted by atomic mass is 10.1. The molecule has 1 aliphatic heterocycles. The summed E-state index contributed by atoms with van der Waals surface area (Å²) in [5.41, 5.74) is 1.34. The molecule has 2 aromatic carbocycles. The number of anilines is 2. The van der Waals surface area contributed by atoms with Crippen molar-refractivity contribution in [2.75, 3.05) is 25.5 Å². The fourth-order valence-corrected chi connectivity index (χ4v) is 5.01. The molecule has 2 aromatic rings. The SMILES string of the molecule is CC(=O)N(C)Cc1cccc(Nc2ccc(S(=O)(=O)N3CCCCC3)cc2[N+](=O)[O-])c1.